The van der Waals surface area contributed by atoms with Gasteiger partial charge in [-0.1, -0.05) is 35.6 Å². The molecule has 0 aliphatic carbocycles. The zero-order chi connectivity index (χ0) is 19.4. The van der Waals surface area contributed by atoms with Crippen LogP contribution in [0.25, 0.3) is 10.2 Å². The molecule has 0 aliphatic rings. The van der Waals surface area contributed by atoms with E-state index in [4.69, 9.17) is 14.9 Å². The summed E-state index contributed by atoms with van der Waals surface area (Å²) < 4.78 is 8.24. The third kappa shape index (κ3) is 4.35. The highest BCUT2D eigenvalue weighted by atomic mass is 32.1. The molecular weight excluding hydrogens is 370 g/mol. The number of carbonyl (C=O) groups is 2. The molecule has 2 N–H and O–H groups in total. The number of ether oxygens (including phenoxy) is 1. The molecule has 1 heterocycles. The zero-order valence-electron chi connectivity index (χ0n) is 14.2. The fraction of sp³-hybridized carbons (Fsp3) is 0.211. The van der Waals surface area contributed by atoms with Crippen molar-refractivity contribution in [2.75, 3.05) is 6.61 Å². The Hall–Kier alpha value is -3.13. The Bertz CT molecular complexity index is 1010. The van der Waals surface area contributed by atoms with E-state index in [1.165, 1.54) is 11.3 Å². The molecule has 0 bridgehead atoms. The molecule has 0 aliphatic heterocycles. The number of thiazole rings is 1. The summed E-state index contributed by atoms with van der Waals surface area (Å²) in [5.41, 5.74) is 1.47. The average molecular weight is 387 g/mol. The van der Waals surface area contributed by atoms with Gasteiger partial charge in [-0.05, 0) is 36.2 Å². The summed E-state index contributed by atoms with van der Waals surface area (Å²) in [5, 5.41) is 17.9. The molecule has 3 aromatic rings. The van der Waals surface area contributed by atoms with Crippen molar-refractivity contribution in [3.8, 4) is 5.75 Å². The summed E-state index contributed by atoms with van der Waals surface area (Å²) in [4.78, 5) is 33.9. The Kier molecular flexibility index (Phi) is 5.56. The first kappa shape index (κ1) is 18.7. The molecule has 7 nitrogen and oxygen atoms in total. The van der Waals surface area contributed by atoms with Gasteiger partial charge in [0.1, 0.15) is 12.4 Å². The van der Waals surface area contributed by atoms with Gasteiger partial charge in [0.05, 0.1) is 16.8 Å². The maximum Gasteiger partial charge on any atom is 0.318 e. The number of hydrogen-bond donors (Lipinski definition) is 2. The van der Waals surface area contributed by atoms with Crippen LogP contribution in [-0.2, 0) is 22.6 Å². The molecule has 0 fully saturated rings. The Morgan fingerprint density at radius 3 is 2.37 bits per heavy atom. The molecule has 0 spiro atoms. The highest BCUT2D eigenvalue weighted by Gasteiger charge is 2.25. The van der Waals surface area contributed by atoms with E-state index in [9.17, 15) is 14.4 Å². The molecule has 0 saturated carbocycles. The highest BCUT2D eigenvalue weighted by molar-refractivity contribution is 7.16. The monoisotopic (exact) mass is 387 g/mol. The molecule has 0 radical (unpaired) electrons. The first-order chi connectivity index (χ1) is 13.0. The van der Waals surface area contributed by atoms with Crippen LogP contribution in [0.15, 0.2) is 53.3 Å². The van der Waals surface area contributed by atoms with Crippen molar-refractivity contribution in [2.24, 2.45) is 5.92 Å². The third-order valence-electron chi connectivity index (χ3n) is 4.12. The topological polar surface area (TPSA) is 106 Å². The molecule has 8 heteroatoms. The van der Waals surface area contributed by atoms with Crippen LogP contribution >= 0.6 is 11.3 Å². The number of carboxylic acids is 2. The fourth-order valence-corrected chi connectivity index (χ4v) is 3.64. The number of hydrogen-bond acceptors (Lipinski definition) is 5. The van der Waals surface area contributed by atoms with E-state index in [-0.39, 0.29) is 11.3 Å². The lowest BCUT2D eigenvalue weighted by Gasteiger charge is -2.10. The van der Waals surface area contributed by atoms with Gasteiger partial charge in [-0.15, -0.1) is 0 Å². The summed E-state index contributed by atoms with van der Waals surface area (Å²) in [7, 11) is 0. The quantitative estimate of drug-likeness (QED) is 0.575. The SMILES string of the molecule is O=C(O)C(Cc1ccc(OCCn2c(=O)sc3ccccc32)cc1)C(=O)O. The molecule has 3 rings (SSSR count). The van der Waals surface area contributed by atoms with Crippen LogP contribution in [0.5, 0.6) is 5.75 Å². The van der Waals surface area contributed by atoms with E-state index in [2.05, 4.69) is 0 Å². The largest absolute Gasteiger partial charge is 0.492 e. The summed E-state index contributed by atoms with van der Waals surface area (Å²) >= 11 is 1.19. The number of nitrogens with zero attached hydrogens (tertiary/aromatic N) is 1. The van der Waals surface area contributed by atoms with Crippen molar-refractivity contribution >= 4 is 33.5 Å². The number of carboxylic acid groups (broad SMARTS) is 2. The summed E-state index contributed by atoms with van der Waals surface area (Å²) in [6, 6.07) is 14.2. The number of para-hydroxylation sites is 1. The number of fused-ring (bicyclic) bond motifs is 1. The fourth-order valence-electron chi connectivity index (χ4n) is 2.72. The molecule has 140 valence electrons. The summed E-state index contributed by atoms with van der Waals surface area (Å²) in [5.74, 6) is -3.64. The molecule has 0 unspecified atom stereocenters. The zero-order valence-corrected chi connectivity index (χ0v) is 15.0. The van der Waals surface area contributed by atoms with Gasteiger partial charge < -0.3 is 14.9 Å². The van der Waals surface area contributed by atoms with Gasteiger partial charge in [-0.2, -0.15) is 0 Å². The van der Waals surface area contributed by atoms with Crippen molar-refractivity contribution in [3.63, 3.8) is 0 Å². The van der Waals surface area contributed by atoms with Crippen molar-refractivity contribution < 1.29 is 24.5 Å². The lowest BCUT2D eigenvalue weighted by molar-refractivity contribution is -0.154. The van der Waals surface area contributed by atoms with E-state index >= 15 is 0 Å². The predicted octanol–water partition coefficient (Wildman–Crippen LogP) is 2.47. The standard InChI is InChI=1S/C19H17NO6S/c21-17(22)14(18(23)24)11-12-5-7-13(8-6-12)26-10-9-20-15-3-1-2-4-16(15)27-19(20)25/h1-8,14H,9-11H2,(H,21,22)(H,23,24). The van der Waals surface area contributed by atoms with Crippen LogP contribution in [0.1, 0.15) is 5.56 Å². The highest BCUT2D eigenvalue weighted by Crippen LogP contribution is 2.18. The predicted molar refractivity (Wildman–Crippen MR) is 100 cm³/mol. The number of rotatable bonds is 8. The minimum absolute atomic E-state index is 0.0384. The van der Waals surface area contributed by atoms with E-state index in [0.717, 1.165) is 10.2 Å². The van der Waals surface area contributed by atoms with E-state index < -0.39 is 17.9 Å². The van der Waals surface area contributed by atoms with Gasteiger partial charge in [-0.25, -0.2) is 0 Å². The van der Waals surface area contributed by atoms with E-state index in [0.29, 0.717) is 24.5 Å². The summed E-state index contributed by atoms with van der Waals surface area (Å²) in [6.07, 6.45) is -0.0960. The minimum Gasteiger partial charge on any atom is -0.492 e. The third-order valence-corrected chi connectivity index (χ3v) is 5.08. The van der Waals surface area contributed by atoms with Crippen LogP contribution in [0.2, 0.25) is 0 Å². The van der Waals surface area contributed by atoms with Gasteiger partial charge >= 0.3 is 16.8 Å². The van der Waals surface area contributed by atoms with Crippen LogP contribution in [-0.4, -0.2) is 33.3 Å². The van der Waals surface area contributed by atoms with Crippen molar-refractivity contribution in [1.82, 2.24) is 4.57 Å². The Morgan fingerprint density at radius 2 is 1.70 bits per heavy atom. The Balaban J connectivity index is 1.60. The second kappa shape index (κ2) is 8.05. The normalized spacial score (nSPS) is 11.0. The molecule has 0 amide bonds. The number of aliphatic carboxylic acids is 2. The molecule has 0 atom stereocenters. The molecule has 0 saturated heterocycles. The molecule has 1 aromatic heterocycles. The number of benzene rings is 2. The maximum atomic E-state index is 12.1. The van der Waals surface area contributed by atoms with Crippen molar-refractivity contribution in [3.05, 3.63) is 63.8 Å². The second-order valence-corrected chi connectivity index (χ2v) is 6.91. The van der Waals surface area contributed by atoms with Crippen molar-refractivity contribution in [2.45, 2.75) is 13.0 Å². The van der Waals surface area contributed by atoms with E-state index in [1.807, 2.05) is 24.3 Å². The smallest absolute Gasteiger partial charge is 0.318 e. The van der Waals surface area contributed by atoms with Crippen LogP contribution < -0.4 is 9.61 Å². The van der Waals surface area contributed by atoms with Crippen LogP contribution in [0, 0.1) is 5.92 Å². The second-order valence-electron chi connectivity index (χ2n) is 5.91. The van der Waals surface area contributed by atoms with Crippen LogP contribution in [0.3, 0.4) is 0 Å². The molecule has 27 heavy (non-hydrogen) atoms. The molecular formula is C19H17NO6S. The lowest BCUT2D eigenvalue weighted by Crippen LogP contribution is -2.25. The van der Waals surface area contributed by atoms with Gasteiger partial charge in [0.25, 0.3) is 0 Å². The first-order valence-electron chi connectivity index (χ1n) is 8.21. The Morgan fingerprint density at radius 1 is 1.04 bits per heavy atom. The van der Waals surface area contributed by atoms with Gasteiger partial charge in [0.15, 0.2) is 5.92 Å². The van der Waals surface area contributed by atoms with Crippen LogP contribution in [0.4, 0.5) is 0 Å². The maximum absolute atomic E-state index is 12.1. The van der Waals surface area contributed by atoms with Crippen molar-refractivity contribution in [1.29, 1.82) is 0 Å². The lowest BCUT2D eigenvalue weighted by atomic mass is 10.00. The average Bonchev–Trinajstić information content (AvgIpc) is 2.96. The Labute approximate surface area is 158 Å². The number of aromatic nitrogens is 1. The van der Waals surface area contributed by atoms with Gasteiger partial charge in [0, 0.05) is 0 Å². The van der Waals surface area contributed by atoms with E-state index in [1.54, 1.807) is 28.8 Å². The first-order valence-corrected chi connectivity index (χ1v) is 9.03. The minimum atomic E-state index is -1.48. The summed E-state index contributed by atoms with van der Waals surface area (Å²) in [6.45, 7) is 0.706. The van der Waals surface area contributed by atoms with Gasteiger partial charge in [0.2, 0.25) is 0 Å². The molecule has 2 aromatic carbocycles. The van der Waals surface area contributed by atoms with Gasteiger partial charge in [-0.3, -0.25) is 19.0 Å².